The zero-order valence-electron chi connectivity index (χ0n) is 9.82. The van der Waals surface area contributed by atoms with Crippen LogP contribution in [0.2, 0.25) is 0 Å². The van der Waals surface area contributed by atoms with Crippen LogP contribution in [0.25, 0.3) is 0 Å². The highest BCUT2D eigenvalue weighted by molar-refractivity contribution is 6.46. The topological polar surface area (TPSA) is 42.4 Å². The normalized spacial score (nSPS) is 12.6. The van der Waals surface area contributed by atoms with E-state index in [1.165, 1.54) is 0 Å². The van der Waals surface area contributed by atoms with E-state index < -0.39 is 11.2 Å². The third-order valence-corrected chi connectivity index (χ3v) is 2.80. The molecular formula is C11H18BNO2. The Hall–Kier alpha value is -0.865. The van der Waals surface area contributed by atoms with E-state index in [1.54, 1.807) is 26.2 Å². The fourth-order valence-corrected chi connectivity index (χ4v) is 0.924. The summed E-state index contributed by atoms with van der Waals surface area (Å²) in [6, 6.07) is 3.82. The minimum Gasteiger partial charge on any atom is -0.427 e. The van der Waals surface area contributed by atoms with Crippen molar-refractivity contribution in [2.45, 2.75) is 38.9 Å². The molecule has 1 aromatic heterocycles. The van der Waals surface area contributed by atoms with Crippen LogP contribution in [0, 0.1) is 0 Å². The van der Waals surface area contributed by atoms with Crippen LogP contribution in [0.1, 0.15) is 27.7 Å². The van der Waals surface area contributed by atoms with Gasteiger partial charge in [0.2, 0.25) is 0 Å². The molecule has 0 spiro atoms. The highest BCUT2D eigenvalue weighted by Gasteiger charge is 2.35. The van der Waals surface area contributed by atoms with Crippen LogP contribution in [0.3, 0.4) is 0 Å². The Morgan fingerprint density at radius 2 is 2.00 bits per heavy atom. The smallest absolute Gasteiger partial charge is 0.311 e. The molecule has 1 heterocycles. The van der Waals surface area contributed by atoms with Gasteiger partial charge in [0.05, 0.1) is 11.2 Å². The van der Waals surface area contributed by atoms with Crippen molar-refractivity contribution in [3.05, 3.63) is 24.5 Å². The summed E-state index contributed by atoms with van der Waals surface area (Å²) in [5, 5.41) is 9.88. The van der Waals surface area contributed by atoms with Gasteiger partial charge in [0.15, 0.2) is 0 Å². The highest BCUT2D eigenvalue weighted by atomic mass is 16.5. The molecular weight excluding hydrogens is 189 g/mol. The molecule has 1 rings (SSSR count). The number of hydrogen-bond donors (Lipinski definition) is 1. The highest BCUT2D eigenvalue weighted by Crippen LogP contribution is 2.24. The second kappa shape index (κ2) is 4.33. The first-order chi connectivity index (χ1) is 6.83. The lowest BCUT2D eigenvalue weighted by atomic mass is 9.83. The average molecular weight is 207 g/mol. The molecule has 82 valence electrons. The van der Waals surface area contributed by atoms with Crippen molar-refractivity contribution in [1.29, 1.82) is 0 Å². The number of nitrogens with zero attached hydrogens (tertiary/aromatic N) is 1. The third kappa shape index (κ3) is 3.32. The molecule has 0 fully saturated rings. The van der Waals surface area contributed by atoms with Crippen LogP contribution in [0.4, 0.5) is 0 Å². The molecule has 3 nitrogen and oxygen atoms in total. The first-order valence-electron chi connectivity index (χ1n) is 5.08. The van der Waals surface area contributed by atoms with Crippen molar-refractivity contribution in [3.8, 4) is 0 Å². The molecule has 1 aromatic rings. The Kier molecular flexibility index (Phi) is 3.52. The van der Waals surface area contributed by atoms with Crippen molar-refractivity contribution in [1.82, 2.24) is 4.98 Å². The molecule has 0 unspecified atom stereocenters. The van der Waals surface area contributed by atoms with Gasteiger partial charge in [0.25, 0.3) is 0 Å². The molecule has 0 atom stereocenters. The van der Waals surface area contributed by atoms with E-state index in [4.69, 9.17) is 4.65 Å². The predicted molar refractivity (Wildman–Crippen MR) is 62.5 cm³/mol. The summed E-state index contributed by atoms with van der Waals surface area (Å²) < 4.78 is 5.69. The second-order valence-electron chi connectivity index (χ2n) is 4.72. The van der Waals surface area contributed by atoms with E-state index in [-0.39, 0.29) is 0 Å². The van der Waals surface area contributed by atoms with Crippen LogP contribution in [-0.2, 0) is 4.65 Å². The van der Waals surface area contributed by atoms with E-state index in [0.717, 1.165) is 5.46 Å². The molecule has 0 aliphatic rings. The molecule has 0 aliphatic heterocycles. The van der Waals surface area contributed by atoms with Gasteiger partial charge < -0.3 is 9.76 Å². The largest absolute Gasteiger partial charge is 0.427 e. The van der Waals surface area contributed by atoms with E-state index in [0.29, 0.717) is 7.48 Å². The Bertz CT molecular complexity index is 306. The summed E-state index contributed by atoms with van der Waals surface area (Å²) in [4.78, 5) is 4.01. The zero-order valence-corrected chi connectivity index (χ0v) is 9.82. The van der Waals surface area contributed by atoms with Crippen molar-refractivity contribution in [3.63, 3.8) is 0 Å². The van der Waals surface area contributed by atoms with E-state index in [2.05, 4.69) is 4.98 Å². The Labute approximate surface area is 91.8 Å². The van der Waals surface area contributed by atoms with Crippen LogP contribution < -0.4 is 5.46 Å². The van der Waals surface area contributed by atoms with Gasteiger partial charge in [0.1, 0.15) is 0 Å². The van der Waals surface area contributed by atoms with Crippen molar-refractivity contribution in [2.24, 2.45) is 0 Å². The minimum absolute atomic E-state index is 0.463. The molecule has 15 heavy (non-hydrogen) atoms. The summed E-state index contributed by atoms with van der Waals surface area (Å²) in [5.41, 5.74) is -0.437. The molecule has 0 radical (unpaired) electrons. The maximum Gasteiger partial charge on any atom is 0.311 e. The van der Waals surface area contributed by atoms with E-state index in [1.807, 2.05) is 26.0 Å². The monoisotopic (exact) mass is 207 g/mol. The predicted octanol–water partition coefficient (Wildman–Crippen LogP) is 0.625. The second-order valence-corrected chi connectivity index (χ2v) is 4.72. The summed E-state index contributed by atoms with van der Waals surface area (Å²) in [5.74, 6) is 0. The lowest BCUT2D eigenvalue weighted by molar-refractivity contribution is -0.0893. The van der Waals surface area contributed by atoms with Gasteiger partial charge in [0, 0.05) is 12.4 Å². The van der Waals surface area contributed by atoms with Crippen molar-refractivity contribution < 1.29 is 9.76 Å². The molecule has 0 bridgehead atoms. The van der Waals surface area contributed by atoms with E-state index in [9.17, 15) is 5.11 Å². The molecule has 1 N–H and O–H groups in total. The van der Waals surface area contributed by atoms with Crippen LogP contribution in [0.5, 0.6) is 0 Å². The SMILES string of the molecule is CC(C)(O)C(C)(C)OBc1cccnc1. The molecule has 0 aliphatic carbocycles. The summed E-state index contributed by atoms with van der Waals surface area (Å²) >= 11 is 0. The van der Waals surface area contributed by atoms with Gasteiger partial charge in [-0.15, -0.1) is 0 Å². The molecule has 4 heteroatoms. The first-order valence-corrected chi connectivity index (χ1v) is 5.08. The van der Waals surface area contributed by atoms with Gasteiger partial charge >= 0.3 is 7.48 Å². The number of rotatable bonds is 4. The van der Waals surface area contributed by atoms with Crippen LogP contribution in [-0.4, -0.2) is 28.8 Å². The Balaban J connectivity index is 2.58. The van der Waals surface area contributed by atoms with Crippen molar-refractivity contribution >= 4 is 12.9 Å². The van der Waals surface area contributed by atoms with Gasteiger partial charge in [-0.25, -0.2) is 0 Å². The maximum absolute atomic E-state index is 9.88. The van der Waals surface area contributed by atoms with Crippen LogP contribution in [0.15, 0.2) is 24.5 Å². The van der Waals surface area contributed by atoms with E-state index >= 15 is 0 Å². The van der Waals surface area contributed by atoms with Gasteiger partial charge in [-0.1, -0.05) is 6.07 Å². The van der Waals surface area contributed by atoms with Gasteiger partial charge in [-0.2, -0.15) is 0 Å². The molecule has 0 saturated heterocycles. The lowest BCUT2D eigenvalue weighted by Gasteiger charge is -2.37. The summed E-state index contributed by atoms with van der Waals surface area (Å²) in [6.45, 7) is 7.25. The van der Waals surface area contributed by atoms with Crippen LogP contribution >= 0.6 is 0 Å². The lowest BCUT2D eigenvalue weighted by Crippen LogP contribution is -2.49. The standard InChI is InChI=1S/C11H18BNO2/c1-10(2,14)11(3,4)15-12-9-6-5-7-13-8-9/h5-8,12,14H,1-4H3. The number of hydrogen-bond acceptors (Lipinski definition) is 3. The average Bonchev–Trinajstić information content (AvgIpc) is 2.15. The van der Waals surface area contributed by atoms with Gasteiger partial charge in [-0.3, -0.25) is 4.98 Å². The van der Waals surface area contributed by atoms with Crippen molar-refractivity contribution in [2.75, 3.05) is 0 Å². The zero-order chi connectivity index (χ0) is 11.5. The fraction of sp³-hybridized carbons (Fsp3) is 0.545. The third-order valence-electron chi connectivity index (χ3n) is 2.80. The maximum atomic E-state index is 9.88. The summed E-state index contributed by atoms with van der Waals surface area (Å²) in [7, 11) is 0.463. The molecule has 0 saturated carbocycles. The summed E-state index contributed by atoms with van der Waals surface area (Å²) in [6.07, 6.45) is 3.49. The number of aromatic nitrogens is 1. The number of aliphatic hydroxyl groups is 1. The van der Waals surface area contributed by atoms with Gasteiger partial charge in [-0.05, 0) is 39.2 Å². The quantitative estimate of drug-likeness (QED) is 0.736. The Morgan fingerprint density at radius 1 is 1.33 bits per heavy atom. The minimum atomic E-state index is -0.866. The molecule has 0 aromatic carbocycles. The first kappa shape index (κ1) is 12.2. The number of pyridine rings is 1. The fourth-order valence-electron chi connectivity index (χ4n) is 0.924. The molecule has 0 amide bonds. The Morgan fingerprint density at radius 3 is 2.47 bits per heavy atom.